The van der Waals surface area contributed by atoms with Crippen molar-refractivity contribution >= 4 is 64.7 Å². The van der Waals surface area contributed by atoms with Crippen molar-refractivity contribution in [2.45, 2.75) is 0 Å². The van der Waals surface area contributed by atoms with E-state index in [0.717, 1.165) is 0 Å². The van der Waals surface area contributed by atoms with Crippen molar-refractivity contribution < 1.29 is 22.4 Å². The zero-order valence-electron chi connectivity index (χ0n) is 1.70. The third-order valence-electron chi connectivity index (χ3n) is 0. The summed E-state index contributed by atoms with van der Waals surface area (Å²) in [6.07, 6.45) is 0. The van der Waals surface area contributed by atoms with Crippen LogP contribution in [0.5, 0.6) is 0 Å². The third-order valence-corrected chi connectivity index (χ3v) is 0. The van der Waals surface area contributed by atoms with Gasteiger partial charge in [-0.3, -0.25) is 0 Å². The Morgan fingerprint density at radius 1 is 0.750 bits per heavy atom. The third kappa shape index (κ3) is 8.85. The van der Waals surface area contributed by atoms with Crippen LogP contribution in [0.1, 0.15) is 0 Å². The quantitative estimate of drug-likeness (QED) is 0.459. The van der Waals surface area contributed by atoms with Crippen LogP contribution < -0.4 is 0 Å². The Hall–Kier alpha value is 2.85. The van der Waals surface area contributed by atoms with Crippen molar-refractivity contribution in [1.29, 1.82) is 0 Å². The molecule has 0 saturated heterocycles. The molecule has 0 saturated carbocycles. The largest absolute Gasteiger partial charge is 3.00 e. The van der Waals surface area contributed by atoms with Crippen molar-refractivity contribution in [2.24, 2.45) is 0 Å². The molecular formula is AgAlTe2. The van der Waals surface area contributed by atoms with E-state index in [1.807, 2.05) is 0 Å². The molecule has 0 aromatic carbocycles. The standard InChI is InChI=1S/Ag.Al.2Te/q+1;+3;2*-2. The first-order chi connectivity index (χ1) is 0. The van der Waals surface area contributed by atoms with Crippen molar-refractivity contribution in [3.8, 4) is 0 Å². The molecule has 0 aromatic heterocycles. The van der Waals surface area contributed by atoms with Gasteiger partial charge in [-0.1, -0.05) is 0 Å². The van der Waals surface area contributed by atoms with Gasteiger partial charge in [-0.15, -0.1) is 0 Å². The van der Waals surface area contributed by atoms with Gasteiger partial charge >= 0.3 is 39.7 Å². The summed E-state index contributed by atoms with van der Waals surface area (Å²) in [6, 6.07) is 0. The molecule has 0 rings (SSSR count). The maximum absolute atomic E-state index is 0. The van der Waals surface area contributed by atoms with Crippen LogP contribution in [0, 0.1) is 0 Å². The van der Waals surface area contributed by atoms with Crippen LogP contribution in [-0.2, 0) is 22.4 Å². The maximum atomic E-state index is 0. The van der Waals surface area contributed by atoms with E-state index in [9.17, 15) is 0 Å². The second kappa shape index (κ2) is 16.9. The summed E-state index contributed by atoms with van der Waals surface area (Å²) >= 11 is 0. The van der Waals surface area contributed by atoms with Crippen molar-refractivity contribution in [2.75, 3.05) is 0 Å². The predicted molar refractivity (Wildman–Crippen MR) is 17.3 cm³/mol. The molecule has 26 valence electrons. The van der Waals surface area contributed by atoms with E-state index in [1.54, 1.807) is 0 Å². The molecule has 0 aliphatic carbocycles. The number of hydrogen-bond acceptors (Lipinski definition) is 0. The molecule has 0 radical (unpaired) electrons. The van der Waals surface area contributed by atoms with Crippen LogP contribution in [-0.4, -0.2) is 64.7 Å². The SMILES string of the molecule is [Ag+].[Al+3].[Te-2].[Te-2]. The molecule has 0 spiro atoms. The van der Waals surface area contributed by atoms with Crippen LogP contribution in [0.25, 0.3) is 0 Å². The number of hydrogen-bond donors (Lipinski definition) is 0. The summed E-state index contributed by atoms with van der Waals surface area (Å²) < 4.78 is 0. The van der Waals surface area contributed by atoms with Gasteiger partial charge in [-0.2, -0.15) is 0 Å². The molecule has 0 bridgehead atoms. The smallest absolute Gasteiger partial charge is 2.00 e. The minimum atomic E-state index is 0. The fraction of sp³-hybridized carbons (Fsp3) is 0. The second-order valence-corrected chi connectivity index (χ2v) is 0. The first-order valence-electron chi connectivity index (χ1n) is 0. The monoisotopic (exact) mass is 394 g/mol. The predicted octanol–water partition coefficient (Wildman–Crippen LogP) is -1.14. The fourth-order valence-corrected chi connectivity index (χ4v) is 0. The van der Waals surface area contributed by atoms with Gasteiger partial charge in [0.25, 0.3) is 0 Å². The summed E-state index contributed by atoms with van der Waals surface area (Å²) in [7, 11) is 0. The van der Waals surface area contributed by atoms with E-state index < -0.39 is 0 Å². The van der Waals surface area contributed by atoms with Gasteiger partial charge in [0.2, 0.25) is 0 Å². The Morgan fingerprint density at radius 3 is 0.750 bits per heavy atom. The van der Waals surface area contributed by atoms with E-state index in [2.05, 4.69) is 0 Å². The molecule has 0 N–H and O–H groups in total. The molecule has 4 heavy (non-hydrogen) atoms. The van der Waals surface area contributed by atoms with Crippen molar-refractivity contribution in [1.82, 2.24) is 0 Å². The Kier molecular flexibility index (Phi) is 122. The van der Waals surface area contributed by atoms with Crippen LogP contribution in [0.3, 0.4) is 0 Å². The van der Waals surface area contributed by atoms with E-state index in [4.69, 9.17) is 0 Å². The van der Waals surface area contributed by atoms with Gasteiger partial charge < -0.3 is 47.3 Å². The normalized spacial score (nSPS) is 0. The number of rotatable bonds is 0. The topological polar surface area (TPSA) is 0 Å². The zero-order chi connectivity index (χ0) is 0. The molecule has 0 atom stereocenters. The molecular weight excluding hydrogens is 390 g/mol. The Bertz CT molecular complexity index is 6.00. The summed E-state index contributed by atoms with van der Waals surface area (Å²) in [5.74, 6) is 0. The minimum Gasteiger partial charge on any atom is -2.00 e. The molecule has 0 amide bonds. The van der Waals surface area contributed by atoms with Crippen LogP contribution in [0.2, 0.25) is 0 Å². The molecule has 0 aliphatic heterocycles. The van der Waals surface area contributed by atoms with Gasteiger partial charge in [0.05, 0.1) is 0 Å². The van der Waals surface area contributed by atoms with Crippen LogP contribution in [0.15, 0.2) is 0 Å². The molecule has 4 heteroatoms. The summed E-state index contributed by atoms with van der Waals surface area (Å²) in [5, 5.41) is 0. The van der Waals surface area contributed by atoms with Gasteiger partial charge in [0, 0.05) is 0 Å². The van der Waals surface area contributed by atoms with Crippen molar-refractivity contribution in [3.63, 3.8) is 0 Å². The fourth-order valence-electron chi connectivity index (χ4n) is 0. The van der Waals surface area contributed by atoms with Gasteiger partial charge in [0.1, 0.15) is 0 Å². The Morgan fingerprint density at radius 2 is 0.750 bits per heavy atom. The van der Waals surface area contributed by atoms with E-state index >= 15 is 0 Å². The average molecular weight is 390 g/mol. The summed E-state index contributed by atoms with van der Waals surface area (Å²) in [6.45, 7) is 0. The molecule has 0 nitrogen and oxygen atoms in total. The molecule has 0 aliphatic rings. The molecule has 0 fully saturated rings. The average Bonchev–Trinajstić information content (AvgIpc) is 0. The van der Waals surface area contributed by atoms with Crippen LogP contribution >= 0.6 is 0 Å². The van der Waals surface area contributed by atoms with Gasteiger partial charge in [0.15, 0.2) is 0 Å². The van der Waals surface area contributed by atoms with Crippen molar-refractivity contribution in [3.05, 3.63) is 0 Å². The van der Waals surface area contributed by atoms with E-state index in [-0.39, 0.29) is 87.1 Å². The summed E-state index contributed by atoms with van der Waals surface area (Å²) in [5.41, 5.74) is 0. The Labute approximate surface area is 85.6 Å². The molecule has 0 aromatic rings. The zero-order valence-corrected chi connectivity index (χ0v) is 8.99. The summed E-state index contributed by atoms with van der Waals surface area (Å²) in [4.78, 5) is 0. The molecule has 0 unspecified atom stereocenters. The minimum absolute atomic E-state index is 0. The maximum Gasteiger partial charge on any atom is 3.00 e. The van der Waals surface area contributed by atoms with Gasteiger partial charge in [-0.05, 0) is 0 Å². The van der Waals surface area contributed by atoms with E-state index in [0.29, 0.717) is 0 Å². The van der Waals surface area contributed by atoms with Crippen LogP contribution in [0.4, 0.5) is 0 Å². The Balaban J connectivity index is 0. The second-order valence-electron chi connectivity index (χ2n) is 0. The molecule has 0 heterocycles. The first-order valence-corrected chi connectivity index (χ1v) is 0. The van der Waals surface area contributed by atoms with Gasteiger partial charge in [-0.25, -0.2) is 0 Å². The van der Waals surface area contributed by atoms with E-state index in [1.165, 1.54) is 0 Å². The first kappa shape index (κ1) is 28.8.